The third-order valence-corrected chi connectivity index (χ3v) is 2.96. The van der Waals surface area contributed by atoms with Gasteiger partial charge in [0.05, 0.1) is 0 Å². The highest BCUT2D eigenvalue weighted by atomic mass is 15.1. The van der Waals surface area contributed by atoms with E-state index in [1.165, 1.54) is 5.56 Å². The van der Waals surface area contributed by atoms with Crippen LogP contribution in [0.2, 0.25) is 0 Å². The summed E-state index contributed by atoms with van der Waals surface area (Å²) in [6.45, 7) is 11.7. The summed E-state index contributed by atoms with van der Waals surface area (Å²) in [7, 11) is 0. The van der Waals surface area contributed by atoms with Crippen molar-refractivity contribution in [3.05, 3.63) is 29.8 Å². The summed E-state index contributed by atoms with van der Waals surface area (Å²) in [5.74, 6) is 1.16. The summed E-state index contributed by atoms with van der Waals surface area (Å²) >= 11 is 0. The molecule has 0 aromatic heterocycles. The average Bonchev–Trinajstić information content (AvgIpc) is 2.28. The van der Waals surface area contributed by atoms with Gasteiger partial charge >= 0.3 is 0 Å². The number of guanidine groups is 1. The number of nitrogens with one attached hydrogen (secondary N) is 1. The molecule has 3 nitrogen and oxygen atoms in total. The Morgan fingerprint density at radius 2 is 1.84 bits per heavy atom. The van der Waals surface area contributed by atoms with Gasteiger partial charge in [-0.3, -0.25) is 4.99 Å². The highest BCUT2D eigenvalue weighted by Crippen LogP contribution is 2.25. The second-order valence-electron chi connectivity index (χ2n) is 6.45. The van der Waals surface area contributed by atoms with Crippen molar-refractivity contribution in [3.8, 4) is 0 Å². The van der Waals surface area contributed by atoms with Crippen molar-refractivity contribution < 1.29 is 0 Å². The number of hydrogen-bond acceptors (Lipinski definition) is 1. The Hall–Kier alpha value is -1.51. The predicted octanol–water partition coefficient (Wildman–Crippen LogP) is 3.79. The Labute approximate surface area is 117 Å². The van der Waals surface area contributed by atoms with Gasteiger partial charge in [0.2, 0.25) is 0 Å². The van der Waals surface area contributed by atoms with Crippen LogP contribution in [0.5, 0.6) is 0 Å². The Morgan fingerprint density at radius 3 is 2.37 bits per heavy atom. The molecule has 3 heteroatoms. The van der Waals surface area contributed by atoms with Crippen molar-refractivity contribution in [3.63, 3.8) is 0 Å². The summed E-state index contributed by atoms with van der Waals surface area (Å²) < 4.78 is 0. The number of nitrogens with two attached hydrogens (primary N) is 1. The molecule has 0 atom stereocenters. The fourth-order valence-electron chi connectivity index (χ4n) is 2.29. The fourth-order valence-corrected chi connectivity index (χ4v) is 2.29. The molecule has 0 fully saturated rings. The van der Waals surface area contributed by atoms with Crippen LogP contribution in [0.4, 0.5) is 5.69 Å². The van der Waals surface area contributed by atoms with Crippen molar-refractivity contribution >= 4 is 11.6 Å². The Morgan fingerprint density at radius 1 is 1.26 bits per heavy atom. The minimum atomic E-state index is 0.188. The highest BCUT2D eigenvalue weighted by molar-refractivity contribution is 5.92. The van der Waals surface area contributed by atoms with E-state index in [1.54, 1.807) is 0 Å². The van der Waals surface area contributed by atoms with E-state index in [1.807, 2.05) is 12.1 Å². The number of rotatable bonds is 5. The molecule has 0 bridgehead atoms. The van der Waals surface area contributed by atoms with E-state index in [4.69, 9.17) is 5.73 Å². The Balaban J connectivity index is 2.55. The Kier molecular flexibility index (Phi) is 5.40. The van der Waals surface area contributed by atoms with E-state index in [-0.39, 0.29) is 5.41 Å². The lowest BCUT2D eigenvalue weighted by Gasteiger charge is -2.24. The molecule has 0 aliphatic heterocycles. The van der Waals surface area contributed by atoms with Crippen molar-refractivity contribution in [1.82, 2.24) is 0 Å². The molecule has 106 valence electrons. The lowest BCUT2D eigenvalue weighted by atomic mass is 9.84. The monoisotopic (exact) mass is 261 g/mol. The normalized spacial score (nSPS) is 12.8. The number of hydrogen-bond donors (Lipinski definition) is 2. The molecule has 1 aromatic rings. The van der Waals surface area contributed by atoms with E-state index in [9.17, 15) is 0 Å². The van der Waals surface area contributed by atoms with Crippen LogP contribution < -0.4 is 11.1 Å². The quantitative estimate of drug-likeness (QED) is 0.626. The van der Waals surface area contributed by atoms with Gasteiger partial charge in [-0.15, -0.1) is 0 Å². The predicted molar refractivity (Wildman–Crippen MR) is 84.5 cm³/mol. The zero-order valence-corrected chi connectivity index (χ0v) is 12.8. The molecule has 0 amide bonds. The van der Waals surface area contributed by atoms with Crippen molar-refractivity contribution in [1.29, 1.82) is 0 Å². The van der Waals surface area contributed by atoms with Gasteiger partial charge in [-0.1, -0.05) is 45.4 Å². The van der Waals surface area contributed by atoms with E-state index in [2.05, 4.69) is 57.1 Å². The standard InChI is InChI=1S/C16H27N3/c1-12(2)10-16(4,5)11-18-15(17)19-14-8-6-13(3)7-9-14/h6-9,12H,10-11H2,1-5H3,(H3,17,18,19). The van der Waals surface area contributed by atoms with E-state index in [0.717, 1.165) is 18.7 Å². The smallest absolute Gasteiger partial charge is 0.193 e. The molecule has 0 unspecified atom stereocenters. The Bertz CT molecular complexity index is 416. The first-order valence-electron chi connectivity index (χ1n) is 6.92. The van der Waals surface area contributed by atoms with Crippen molar-refractivity contribution in [2.45, 2.75) is 41.0 Å². The first-order valence-corrected chi connectivity index (χ1v) is 6.92. The van der Waals surface area contributed by atoms with Crippen LogP contribution in [0, 0.1) is 18.3 Å². The van der Waals surface area contributed by atoms with E-state index >= 15 is 0 Å². The topological polar surface area (TPSA) is 50.4 Å². The van der Waals surface area contributed by atoms with Crippen LogP contribution in [0.1, 0.15) is 39.7 Å². The van der Waals surface area contributed by atoms with Crippen LogP contribution in [-0.4, -0.2) is 12.5 Å². The number of aryl methyl sites for hydroxylation is 1. The van der Waals surface area contributed by atoms with Crippen LogP contribution in [-0.2, 0) is 0 Å². The minimum Gasteiger partial charge on any atom is -0.370 e. The zero-order valence-electron chi connectivity index (χ0n) is 12.8. The van der Waals surface area contributed by atoms with E-state index < -0.39 is 0 Å². The molecule has 0 aliphatic carbocycles. The van der Waals surface area contributed by atoms with Crippen LogP contribution >= 0.6 is 0 Å². The largest absolute Gasteiger partial charge is 0.370 e. The van der Waals surface area contributed by atoms with Crippen LogP contribution in [0.15, 0.2) is 29.3 Å². The first-order chi connectivity index (χ1) is 8.78. The van der Waals surface area contributed by atoms with Gasteiger partial charge in [-0.25, -0.2) is 0 Å². The van der Waals surface area contributed by atoms with Crippen molar-refractivity contribution in [2.75, 3.05) is 11.9 Å². The van der Waals surface area contributed by atoms with Gasteiger partial charge in [-0.2, -0.15) is 0 Å². The van der Waals surface area contributed by atoms with E-state index in [0.29, 0.717) is 11.9 Å². The maximum atomic E-state index is 5.92. The molecule has 0 aliphatic rings. The van der Waals surface area contributed by atoms with Gasteiger partial charge < -0.3 is 11.1 Å². The van der Waals surface area contributed by atoms with Crippen LogP contribution in [0.3, 0.4) is 0 Å². The molecular formula is C16H27N3. The SMILES string of the molecule is Cc1ccc(NC(N)=NCC(C)(C)CC(C)C)cc1. The maximum Gasteiger partial charge on any atom is 0.193 e. The fraction of sp³-hybridized carbons (Fsp3) is 0.562. The molecule has 0 heterocycles. The maximum absolute atomic E-state index is 5.92. The summed E-state index contributed by atoms with van der Waals surface area (Å²) in [5.41, 5.74) is 8.32. The summed E-state index contributed by atoms with van der Waals surface area (Å²) in [4.78, 5) is 4.45. The number of aliphatic imine (C=N–C) groups is 1. The number of benzene rings is 1. The second-order valence-corrected chi connectivity index (χ2v) is 6.45. The number of anilines is 1. The average molecular weight is 261 g/mol. The third kappa shape index (κ3) is 6.27. The number of nitrogens with zero attached hydrogens (tertiary/aromatic N) is 1. The summed E-state index contributed by atoms with van der Waals surface area (Å²) in [6, 6.07) is 8.13. The molecule has 0 radical (unpaired) electrons. The molecule has 0 saturated carbocycles. The van der Waals surface area contributed by atoms with Gasteiger partial charge in [0.15, 0.2) is 5.96 Å². The zero-order chi connectivity index (χ0) is 14.5. The first kappa shape index (κ1) is 15.5. The van der Waals surface area contributed by atoms with Gasteiger partial charge in [0.1, 0.15) is 0 Å². The molecule has 1 rings (SSSR count). The molecule has 0 spiro atoms. The molecule has 1 aromatic carbocycles. The lowest BCUT2D eigenvalue weighted by molar-refractivity contribution is 0.298. The molecule has 0 saturated heterocycles. The highest BCUT2D eigenvalue weighted by Gasteiger charge is 2.18. The summed E-state index contributed by atoms with van der Waals surface area (Å²) in [6.07, 6.45) is 1.15. The van der Waals surface area contributed by atoms with Crippen LogP contribution in [0.25, 0.3) is 0 Å². The molecule has 3 N–H and O–H groups in total. The van der Waals surface area contributed by atoms with Crippen molar-refractivity contribution in [2.24, 2.45) is 22.1 Å². The molecule has 19 heavy (non-hydrogen) atoms. The second kappa shape index (κ2) is 6.60. The van der Waals surface area contributed by atoms with Gasteiger partial charge in [0.25, 0.3) is 0 Å². The minimum absolute atomic E-state index is 0.188. The molecular weight excluding hydrogens is 234 g/mol. The summed E-state index contributed by atoms with van der Waals surface area (Å²) in [5, 5.41) is 3.12. The van der Waals surface area contributed by atoms with Gasteiger partial charge in [0, 0.05) is 12.2 Å². The lowest BCUT2D eigenvalue weighted by Crippen LogP contribution is -2.26. The van der Waals surface area contributed by atoms with Gasteiger partial charge in [-0.05, 0) is 36.8 Å². The third-order valence-electron chi connectivity index (χ3n) is 2.96.